The van der Waals surface area contributed by atoms with E-state index in [1.54, 1.807) is 11.3 Å². The van der Waals surface area contributed by atoms with Gasteiger partial charge in [-0.15, -0.1) is 11.3 Å². The molecule has 1 aromatic heterocycles. The number of thiazole rings is 1. The molecule has 0 unspecified atom stereocenters. The molecule has 2 heterocycles. The molecule has 1 radical (unpaired) electrons. The van der Waals surface area contributed by atoms with Crippen molar-refractivity contribution in [1.82, 2.24) is 9.88 Å². The number of aromatic nitrogens is 1. The van der Waals surface area contributed by atoms with Crippen molar-refractivity contribution < 1.29 is 4.79 Å². The van der Waals surface area contributed by atoms with Crippen molar-refractivity contribution in [2.24, 2.45) is 5.73 Å². The number of nitrogens with zero attached hydrogens (tertiary/aromatic N) is 3. The Morgan fingerprint density at radius 3 is 2.81 bits per heavy atom. The SMILES string of the molecule is NC(=O)[CH]CN1CCN(c2nccs2)CC1. The average molecular weight is 239 g/mol. The minimum absolute atomic E-state index is 0.345. The van der Waals surface area contributed by atoms with Crippen LogP contribution in [0, 0.1) is 6.42 Å². The van der Waals surface area contributed by atoms with Crippen LogP contribution in [0.2, 0.25) is 0 Å². The van der Waals surface area contributed by atoms with Gasteiger partial charge in [-0.25, -0.2) is 4.98 Å². The topological polar surface area (TPSA) is 62.5 Å². The number of primary amides is 1. The molecule has 5 nitrogen and oxygen atoms in total. The Hall–Kier alpha value is -1.14. The summed E-state index contributed by atoms with van der Waals surface area (Å²) in [6.07, 6.45) is 3.35. The van der Waals surface area contributed by atoms with E-state index >= 15 is 0 Å². The van der Waals surface area contributed by atoms with Crippen LogP contribution in [0.4, 0.5) is 5.13 Å². The van der Waals surface area contributed by atoms with E-state index in [1.807, 2.05) is 11.6 Å². The monoisotopic (exact) mass is 239 g/mol. The second-order valence-electron chi connectivity index (χ2n) is 3.71. The Balaban J connectivity index is 1.76. The number of piperazine rings is 1. The predicted octanol–water partition coefficient (Wildman–Crippen LogP) is -0.0453. The van der Waals surface area contributed by atoms with Gasteiger partial charge in [-0.05, 0) is 0 Å². The molecule has 6 heteroatoms. The summed E-state index contributed by atoms with van der Waals surface area (Å²) in [5, 5.41) is 3.07. The Kier molecular flexibility index (Phi) is 3.74. The number of rotatable bonds is 4. The van der Waals surface area contributed by atoms with Crippen molar-refractivity contribution in [2.75, 3.05) is 37.6 Å². The van der Waals surface area contributed by atoms with E-state index in [4.69, 9.17) is 5.73 Å². The van der Waals surface area contributed by atoms with E-state index < -0.39 is 0 Å². The Bertz CT molecular complexity index is 333. The third-order valence-electron chi connectivity index (χ3n) is 2.61. The number of amides is 1. The minimum atomic E-state index is -0.345. The highest BCUT2D eigenvalue weighted by Gasteiger charge is 2.18. The third-order valence-corrected chi connectivity index (χ3v) is 3.44. The normalized spacial score (nSPS) is 17.6. The largest absolute Gasteiger partial charge is 0.369 e. The van der Waals surface area contributed by atoms with Crippen LogP contribution in [0.1, 0.15) is 0 Å². The van der Waals surface area contributed by atoms with Crippen molar-refractivity contribution in [3.05, 3.63) is 18.0 Å². The molecule has 1 aromatic rings. The molecular formula is C10H15N4OS. The number of hydrogen-bond acceptors (Lipinski definition) is 5. The zero-order chi connectivity index (χ0) is 11.4. The molecule has 0 spiro atoms. The van der Waals surface area contributed by atoms with Gasteiger partial charge in [-0.3, -0.25) is 9.69 Å². The zero-order valence-electron chi connectivity index (χ0n) is 9.00. The first-order valence-corrected chi connectivity index (χ1v) is 6.13. The van der Waals surface area contributed by atoms with E-state index in [9.17, 15) is 4.79 Å². The van der Waals surface area contributed by atoms with Gasteiger partial charge in [-0.1, -0.05) is 0 Å². The number of carbonyl (C=O) groups excluding carboxylic acids is 1. The molecule has 16 heavy (non-hydrogen) atoms. The van der Waals surface area contributed by atoms with Crippen molar-refractivity contribution >= 4 is 22.4 Å². The molecule has 0 saturated carbocycles. The molecule has 0 aliphatic carbocycles. The highest BCUT2D eigenvalue weighted by Crippen LogP contribution is 2.18. The molecule has 1 amide bonds. The van der Waals surface area contributed by atoms with E-state index in [2.05, 4.69) is 14.8 Å². The molecular weight excluding hydrogens is 224 g/mol. The standard InChI is InChI=1S/C10H15N4OS/c11-9(15)1-3-13-4-6-14(7-5-13)10-12-2-8-16-10/h1-2,8H,3-7H2,(H2,11,15). The number of nitrogens with two attached hydrogens (primary N) is 1. The molecule has 1 saturated heterocycles. The lowest BCUT2D eigenvalue weighted by Crippen LogP contribution is -2.47. The quantitative estimate of drug-likeness (QED) is 0.800. The molecule has 1 fully saturated rings. The summed E-state index contributed by atoms with van der Waals surface area (Å²) in [5.74, 6) is -0.345. The molecule has 0 bridgehead atoms. The zero-order valence-corrected chi connectivity index (χ0v) is 9.82. The molecule has 2 N–H and O–H groups in total. The second kappa shape index (κ2) is 5.27. The van der Waals surface area contributed by atoms with Gasteiger partial charge in [-0.2, -0.15) is 0 Å². The smallest absolute Gasteiger partial charge is 0.222 e. The highest BCUT2D eigenvalue weighted by molar-refractivity contribution is 7.13. The maximum Gasteiger partial charge on any atom is 0.222 e. The van der Waals surface area contributed by atoms with Crippen molar-refractivity contribution in [1.29, 1.82) is 0 Å². The predicted molar refractivity (Wildman–Crippen MR) is 64.3 cm³/mol. The summed E-state index contributed by atoms with van der Waals surface area (Å²) < 4.78 is 0. The summed E-state index contributed by atoms with van der Waals surface area (Å²) in [7, 11) is 0. The minimum Gasteiger partial charge on any atom is -0.369 e. The fourth-order valence-corrected chi connectivity index (χ4v) is 2.41. The van der Waals surface area contributed by atoms with Crippen LogP contribution in [-0.2, 0) is 4.79 Å². The Morgan fingerprint density at radius 2 is 2.25 bits per heavy atom. The van der Waals surface area contributed by atoms with E-state index in [0.717, 1.165) is 31.3 Å². The van der Waals surface area contributed by atoms with Gasteiger partial charge in [0.15, 0.2) is 5.13 Å². The fraction of sp³-hybridized carbons (Fsp3) is 0.500. The Labute approximate surface area is 98.9 Å². The van der Waals surface area contributed by atoms with Crippen LogP contribution in [0.25, 0.3) is 0 Å². The maximum atomic E-state index is 10.6. The van der Waals surface area contributed by atoms with Crippen LogP contribution in [-0.4, -0.2) is 48.5 Å². The van der Waals surface area contributed by atoms with Crippen LogP contribution in [0.5, 0.6) is 0 Å². The van der Waals surface area contributed by atoms with Gasteiger partial charge >= 0.3 is 0 Å². The lowest BCUT2D eigenvalue weighted by molar-refractivity contribution is -0.115. The molecule has 87 valence electrons. The van der Waals surface area contributed by atoms with Crippen LogP contribution >= 0.6 is 11.3 Å². The van der Waals surface area contributed by atoms with Crippen molar-refractivity contribution in [3.63, 3.8) is 0 Å². The molecule has 0 aromatic carbocycles. The summed E-state index contributed by atoms with van der Waals surface area (Å²) in [6, 6.07) is 0. The van der Waals surface area contributed by atoms with Gasteiger partial charge < -0.3 is 10.6 Å². The number of anilines is 1. The number of carbonyl (C=O) groups is 1. The first-order chi connectivity index (χ1) is 7.75. The molecule has 2 rings (SSSR count). The Morgan fingerprint density at radius 1 is 1.50 bits per heavy atom. The van der Waals surface area contributed by atoms with Gasteiger partial charge in [0.2, 0.25) is 5.91 Å². The van der Waals surface area contributed by atoms with E-state index in [1.165, 1.54) is 6.42 Å². The van der Waals surface area contributed by atoms with E-state index in [0.29, 0.717) is 6.54 Å². The lowest BCUT2D eigenvalue weighted by atomic mass is 10.3. The summed E-state index contributed by atoms with van der Waals surface area (Å²) >= 11 is 1.66. The summed E-state index contributed by atoms with van der Waals surface area (Å²) in [6.45, 7) is 4.47. The second-order valence-corrected chi connectivity index (χ2v) is 4.58. The van der Waals surface area contributed by atoms with Crippen LogP contribution < -0.4 is 10.6 Å². The highest BCUT2D eigenvalue weighted by atomic mass is 32.1. The van der Waals surface area contributed by atoms with Gasteiger partial charge in [0.05, 0.1) is 6.42 Å². The molecule has 1 aliphatic heterocycles. The molecule has 1 aliphatic rings. The van der Waals surface area contributed by atoms with Crippen molar-refractivity contribution in [2.45, 2.75) is 0 Å². The summed E-state index contributed by atoms with van der Waals surface area (Å²) in [5.41, 5.74) is 5.07. The fourth-order valence-electron chi connectivity index (χ4n) is 1.71. The third kappa shape index (κ3) is 2.93. The van der Waals surface area contributed by atoms with Crippen molar-refractivity contribution in [3.8, 4) is 0 Å². The van der Waals surface area contributed by atoms with Gasteiger partial charge in [0.1, 0.15) is 0 Å². The maximum absolute atomic E-state index is 10.6. The first kappa shape index (κ1) is 11.3. The van der Waals surface area contributed by atoms with Crippen LogP contribution in [0.15, 0.2) is 11.6 Å². The van der Waals surface area contributed by atoms with Gasteiger partial charge in [0, 0.05) is 44.3 Å². The van der Waals surface area contributed by atoms with Gasteiger partial charge in [0.25, 0.3) is 0 Å². The summed E-state index contributed by atoms with van der Waals surface area (Å²) in [4.78, 5) is 19.4. The average Bonchev–Trinajstić information content (AvgIpc) is 2.80. The number of hydrogen-bond donors (Lipinski definition) is 1. The van der Waals surface area contributed by atoms with E-state index in [-0.39, 0.29) is 5.91 Å². The molecule has 0 atom stereocenters. The van der Waals surface area contributed by atoms with Crippen LogP contribution in [0.3, 0.4) is 0 Å². The first-order valence-electron chi connectivity index (χ1n) is 5.25. The lowest BCUT2D eigenvalue weighted by Gasteiger charge is -2.34.